The van der Waals surface area contributed by atoms with E-state index in [0.717, 1.165) is 5.56 Å². The Morgan fingerprint density at radius 2 is 1.83 bits per heavy atom. The van der Waals surface area contributed by atoms with Crippen LogP contribution in [0.3, 0.4) is 0 Å². The van der Waals surface area contributed by atoms with E-state index in [1.807, 2.05) is 30.3 Å². The van der Waals surface area contributed by atoms with Crippen molar-refractivity contribution in [1.29, 1.82) is 0 Å². The second kappa shape index (κ2) is 10.8. The average Bonchev–Trinajstić information content (AvgIpc) is 2.88. The number of nitrogens with zero attached hydrogens (tertiary/aromatic N) is 1. The third kappa shape index (κ3) is 4.51. The Hall–Kier alpha value is -3.94. The third-order valence-electron chi connectivity index (χ3n) is 6.61. The summed E-state index contributed by atoms with van der Waals surface area (Å²) in [7, 11) is 1.56. The smallest absolute Gasteiger partial charge is 0.336 e. The molecule has 0 bridgehead atoms. The number of ether oxygens (including phenoxy) is 3. The Balaban J connectivity index is 1.91. The first-order chi connectivity index (χ1) is 17.4. The minimum Gasteiger partial charge on any atom is -0.496 e. The molecule has 188 valence electrons. The number of hydrogen-bond acceptors (Lipinski definition) is 8. The molecule has 0 amide bonds. The van der Waals surface area contributed by atoms with E-state index in [0.29, 0.717) is 40.3 Å². The summed E-state index contributed by atoms with van der Waals surface area (Å²) in [5.41, 5.74) is 3.37. The van der Waals surface area contributed by atoms with E-state index in [4.69, 9.17) is 14.2 Å². The van der Waals surface area contributed by atoms with Gasteiger partial charge in [-0.2, -0.15) is 0 Å². The van der Waals surface area contributed by atoms with Gasteiger partial charge in [-0.05, 0) is 50.5 Å². The summed E-state index contributed by atoms with van der Waals surface area (Å²) in [5.74, 6) is -3.24. The molecule has 0 fully saturated rings. The maximum absolute atomic E-state index is 14.2. The second-order valence-electron chi connectivity index (χ2n) is 8.64. The zero-order chi connectivity index (χ0) is 25.8. The minimum atomic E-state index is -1.09. The first-order valence-electron chi connectivity index (χ1n) is 12.0. The number of carbonyl (C=O) groups is 3. The Morgan fingerprint density at radius 1 is 1.08 bits per heavy atom. The van der Waals surface area contributed by atoms with Crippen molar-refractivity contribution in [3.63, 3.8) is 0 Å². The van der Waals surface area contributed by atoms with Crippen molar-refractivity contribution in [1.82, 2.24) is 10.3 Å². The van der Waals surface area contributed by atoms with Crippen LogP contribution >= 0.6 is 0 Å². The summed E-state index contributed by atoms with van der Waals surface area (Å²) in [5, 5.41) is 3.29. The lowest BCUT2D eigenvalue weighted by Gasteiger charge is -2.39. The molecule has 2 aliphatic rings. The second-order valence-corrected chi connectivity index (χ2v) is 8.64. The fourth-order valence-electron chi connectivity index (χ4n) is 5.16. The van der Waals surface area contributed by atoms with Gasteiger partial charge in [-0.3, -0.25) is 14.6 Å². The maximum Gasteiger partial charge on any atom is 0.336 e. The van der Waals surface area contributed by atoms with E-state index >= 15 is 0 Å². The van der Waals surface area contributed by atoms with E-state index < -0.39 is 29.7 Å². The number of pyridine rings is 1. The van der Waals surface area contributed by atoms with Crippen molar-refractivity contribution in [3.8, 4) is 5.75 Å². The van der Waals surface area contributed by atoms with Crippen LogP contribution in [0.25, 0.3) is 0 Å². The number of rotatable bonds is 7. The van der Waals surface area contributed by atoms with Crippen molar-refractivity contribution in [2.24, 2.45) is 5.92 Å². The summed E-state index contributed by atoms with van der Waals surface area (Å²) >= 11 is 0. The summed E-state index contributed by atoms with van der Waals surface area (Å²) in [6.07, 6.45) is 3.61. The van der Waals surface area contributed by atoms with Crippen molar-refractivity contribution in [2.45, 2.75) is 39.0 Å². The molecule has 1 aromatic carbocycles. The first kappa shape index (κ1) is 25.2. The molecule has 1 aromatic heterocycles. The van der Waals surface area contributed by atoms with E-state index in [-0.39, 0.29) is 19.0 Å². The SMILES string of the molecule is CCOC(=O)C1=C(C)NC2=C(C(=O)[C@H](C(=O)OCC)[C@@H](c3ccccc3OC)C2)[C@H]1c1cccnc1. The van der Waals surface area contributed by atoms with Gasteiger partial charge >= 0.3 is 11.9 Å². The lowest BCUT2D eigenvalue weighted by atomic mass is 9.67. The number of carbonyl (C=O) groups excluding carboxylic acids is 3. The van der Waals surface area contributed by atoms with Crippen LogP contribution in [0.1, 0.15) is 50.2 Å². The van der Waals surface area contributed by atoms with Crippen LogP contribution in [0.5, 0.6) is 5.75 Å². The third-order valence-corrected chi connectivity index (χ3v) is 6.61. The summed E-state index contributed by atoms with van der Waals surface area (Å²) in [4.78, 5) is 44.8. The normalized spacial score (nSPS) is 21.4. The highest BCUT2D eigenvalue weighted by Crippen LogP contribution is 2.49. The molecule has 1 N–H and O–H groups in total. The number of aromatic nitrogens is 1. The molecule has 2 heterocycles. The Morgan fingerprint density at radius 3 is 2.50 bits per heavy atom. The van der Waals surface area contributed by atoms with Gasteiger partial charge in [-0.15, -0.1) is 0 Å². The van der Waals surface area contributed by atoms with E-state index in [1.165, 1.54) is 0 Å². The number of Topliss-reactive ketones (excluding diaryl/α,β-unsaturated/α-hetero) is 1. The Kier molecular flexibility index (Phi) is 7.52. The lowest BCUT2D eigenvalue weighted by molar-refractivity contribution is -0.152. The van der Waals surface area contributed by atoms with Crippen LogP contribution in [0.2, 0.25) is 0 Å². The summed E-state index contributed by atoms with van der Waals surface area (Å²) < 4.78 is 16.3. The fourth-order valence-corrected chi connectivity index (χ4v) is 5.16. The molecule has 0 radical (unpaired) electrons. The topological polar surface area (TPSA) is 104 Å². The van der Waals surface area contributed by atoms with Crippen LogP contribution < -0.4 is 10.1 Å². The monoisotopic (exact) mass is 490 g/mol. The molecular formula is C28H30N2O6. The molecule has 1 aliphatic carbocycles. The predicted molar refractivity (Wildman–Crippen MR) is 132 cm³/mol. The number of esters is 2. The molecule has 2 aromatic rings. The van der Waals surface area contributed by atoms with Gasteiger partial charge in [0.05, 0.1) is 25.9 Å². The number of methoxy groups -OCH3 is 1. The Bertz CT molecular complexity index is 1230. The predicted octanol–water partition coefficient (Wildman–Crippen LogP) is 3.80. The van der Waals surface area contributed by atoms with Gasteiger partial charge in [0.25, 0.3) is 0 Å². The van der Waals surface area contributed by atoms with Gasteiger partial charge in [0.1, 0.15) is 11.7 Å². The lowest BCUT2D eigenvalue weighted by Crippen LogP contribution is -2.43. The number of nitrogens with one attached hydrogen (secondary N) is 1. The van der Waals surface area contributed by atoms with Gasteiger partial charge in [0.15, 0.2) is 5.78 Å². The van der Waals surface area contributed by atoms with Crippen molar-refractivity contribution in [3.05, 3.63) is 82.5 Å². The van der Waals surface area contributed by atoms with E-state index in [9.17, 15) is 14.4 Å². The molecule has 0 saturated heterocycles. The average molecular weight is 491 g/mol. The van der Waals surface area contributed by atoms with Crippen molar-refractivity contribution >= 4 is 17.7 Å². The van der Waals surface area contributed by atoms with Crippen LogP contribution in [0, 0.1) is 5.92 Å². The summed E-state index contributed by atoms with van der Waals surface area (Å²) in [6.45, 7) is 5.56. The number of para-hydroxylation sites is 1. The number of allylic oxidation sites excluding steroid dienone is 3. The molecule has 8 heteroatoms. The molecule has 8 nitrogen and oxygen atoms in total. The molecule has 36 heavy (non-hydrogen) atoms. The minimum absolute atomic E-state index is 0.143. The van der Waals surface area contributed by atoms with Gasteiger partial charge in [0, 0.05) is 41.2 Å². The van der Waals surface area contributed by atoms with Gasteiger partial charge < -0.3 is 19.5 Å². The van der Waals surface area contributed by atoms with Gasteiger partial charge in [-0.1, -0.05) is 24.3 Å². The van der Waals surface area contributed by atoms with Gasteiger partial charge in [-0.25, -0.2) is 4.79 Å². The van der Waals surface area contributed by atoms with Gasteiger partial charge in [0.2, 0.25) is 0 Å². The van der Waals surface area contributed by atoms with E-state index in [1.54, 1.807) is 46.3 Å². The van der Waals surface area contributed by atoms with Crippen LogP contribution in [0.15, 0.2) is 71.3 Å². The molecule has 4 rings (SSSR count). The maximum atomic E-state index is 14.2. The molecular weight excluding hydrogens is 460 g/mol. The van der Waals surface area contributed by atoms with Crippen molar-refractivity contribution in [2.75, 3.05) is 20.3 Å². The van der Waals surface area contributed by atoms with Crippen LogP contribution in [-0.4, -0.2) is 43.0 Å². The fraction of sp³-hybridized carbons (Fsp3) is 0.357. The number of ketones is 1. The quantitative estimate of drug-likeness (QED) is 0.462. The molecule has 0 unspecified atom stereocenters. The highest BCUT2D eigenvalue weighted by atomic mass is 16.5. The Labute approximate surface area is 210 Å². The number of hydrogen-bond donors (Lipinski definition) is 1. The largest absolute Gasteiger partial charge is 0.496 e. The summed E-state index contributed by atoms with van der Waals surface area (Å²) in [6, 6.07) is 10.9. The first-order valence-corrected chi connectivity index (χ1v) is 12.0. The molecule has 3 atom stereocenters. The van der Waals surface area contributed by atoms with Crippen LogP contribution in [-0.2, 0) is 23.9 Å². The zero-order valence-corrected chi connectivity index (χ0v) is 20.9. The van der Waals surface area contributed by atoms with Crippen molar-refractivity contribution < 1.29 is 28.6 Å². The van der Waals surface area contributed by atoms with Crippen LogP contribution in [0.4, 0.5) is 0 Å². The highest BCUT2D eigenvalue weighted by Gasteiger charge is 2.49. The number of benzene rings is 1. The molecule has 1 aliphatic heterocycles. The molecule has 0 saturated carbocycles. The van der Waals surface area contributed by atoms with E-state index in [2.05, 4.69) is 10.3 Å². The standard InChI is InChI=1S/C28H30N2O6/c1-5-35-27(32)22-16(3)30-20-14-19(18-11-7-8-12-21(18)34-4)24(28(33)36-6-2)26(31)25(20)23(22)17-10-9-13-29-15-17/h7-13,15,19,23-24,30H,5-6,14H2,1-4H3/t19-,23+,24-/m1/s1. The highest BCUT2D eigenvalue weighted by molar-refractivity contribution is 6.13. The number of dihydropyridines is 1. The zero-order valence-electron chi connectivity index (χ0n) is 20.9. The molecule has 0 spiro atoms.